The van der Waals surface area contributed by atoms with Gasteiger partial charge in [0.1, 0.15) is 5.75 Å². The van der Waals surface area contributed by atoms with Gasteiger partial charge in [0.25, 0.3) is 0 Å². The van der Waals surface area contributed by atoms with Crippen molar-refractivity contribution in [1.29, 1.82) is 0 Å². The number of methoxy groups -OCH3 is 1. The van der Waals surface area contributed by atoms with Crippen LogP contribution in [0.4, 0.5) is 15.8 Å². The second-order valence-corrected chi connectivity index (χ2v) is 7.54. The van der Waals surface area contributed by atoms with Crippen molar-refractivity contribution in [1.82, 2.24) is 4.90 Å². The van der Waals surface area contributed by atoms with E-state index in [0.717, 1.165) is 11.3 Å². The molecule has 1 atom stereocenters. The summed E-state index contributed by atoms with van der Waals surface area (Å²) in [5.41, 5.74) is 1.92. The van der Waals surface area contributed by atoms with Crippen LogP contribution in [0.1, 0.15) is 12.5 Å². The fourth-order valence-electron chi connectivity index (χ4n) is 3.87. The zero-order valence-corrected chi connectivity index (χ0v) is 17.2. The molecule has 162 valence electrons. The molecule has 0 unspecified atom stereocenters. The van der Waals surface area contributed by atoms with Gasteiger partial charge in [0.2, 0.25) is 0 Å². The summed E-state index contributed by atoms with van der Waals surface area (Å²) >= 11 is 0. The van der Waals surface area contributed by atoms with Crippen LogP contribution in [-0.2, 0) is 20.8 Å². The Morgan fingerprint density at radius 3 is 2.74 bits per heavy atom. The summed E-state index contributed by atoms with van der Waals surface area (Å²) in [6.07, 6.45) is 0.199. The van der Waals surface area contributed by atoms with Crippen molar-refractivity contribution in [3.8, 4) is 11.5 Å². The van der Waals surface area contributed by atoms with Gasteiger partial charge in [-0.1, -0.05) is 6.07 Å². The van der Waals surface area contributed by atoms with E-state index in [1.807, 2.05) is 11.8 Å². The minimum Gasteiger partial charge on any atom is -0.494 e. The lowest BCUT2D eigenvalue weighted by molar-refractivity contribution is -0.143. The van der Waals surface area contributed by atoms with E-state index in [2.05, 4.69) is 5.32 Å². The van der Waals surface area contributed by atoms with Crippen molar-refractivity contribution < 1.29 is 28.2 Å². The van der Waals surface area contributed by atoms with E-state index in [9.17, 15) is 18.8 Å². The third kappa shape index (κ3) is 4.16. The topological polar surface area (TPSA) is 88.2 Å². The molecule has 2 aliphatic rings. The summed E-state index contributed by atoms with van der Waals surface area (Å²) in [6, 6.07) is 9.41. The van der Waals surface area contributed by atoms with Crippen LogP contribution in [-0.4, -0.2) is 55.5 Å². The third-order valence-electron chi connectivity index (χ3n) is 5.46. The summed E-state index contributed by atoms with van der Waals surface area (Å²) in [5, 5.41) is 2.57. The zero-order chi connectivity index (χ0) is 22.1. The molecule has 1 fully saturated rings. The number of nitrogens with zero attached hydrogens (tertiary/aromatic N) is 2. The summed E-state index contributed by atoms with van der Waals surface area (Å²) in [6.45, 7) is 3.11. The quantitative estimate of drug-likeness (QED) is 0.458. The number of piperazine rings is 1. The lowest BCUT2D eigenvalue weighted by Crippen LogP contribution is -2.55. The molecule has 2 aromatic carbocycles. The van der Waals surface area contributed by atoms with Crippen molar-refractivity contribution in [2.24, 2.45) is 0 Å². The minimum absolute atomic E-state index is 0.0833. The fourth-order valence-corrected chi connectivity index (χ4v) is 3.87. The van der Waals surface area contributed by atoms with Crippen LogP contribution in [0.5, 0.6) is 11.5 Å². The number of rotatable bonds is 3. The summed E-state index contributed by atoms with van der Waals surface area (Å²) in [5.74, 6) is -1.63. The van der Waals surface area contributed by atoms with E-state index in [1.54, 1.807) is 24.3 Å². The maximum Gasteiger partial charge on any atom is 0.315 e. The first kappa shape index (κ1) is 20.6. The maximum absolute atomic E-state index is 13.7. The molecule has 0 bridgehead atoms. The number of hydrogen-bond donors (Lipinski definition) is 1. The van der Waals surface area contributed by atoms with E-state index < -0.39 is 17.6 Å². The van der Waals surface area contributed by atoms with Gasteiger partial charge in [-0.3, -0.25) is 14.4 Å². The van der Waals surface area contributed by atoms with Crippen LogP contribution in [0, 0.1) is 5.82 Å². The Morgan fingerprint density at radius 2 is 2.00 bits per heavy atom. The molecule has 4 rings (SSSR count). The maximum atomic E-state index is 13.7. The predicted molar refractivity (Wildman–Crippen MR) is 111 cm³/mol. The highest BCUT2D eigenvalue weighted by molar-refractivity contribution is 6.39. The lowest BCUT2D eigenvalue weighted by atomic mass is 10.1. The number of esters is 1. The first-order valence-electron chi connectivity index (χ1n) is 9.89. The van der Waals surface area contributed by atoms with Gasteiger partial charge < -0.3 is 24.6 Å². The summed E-state index contributed by atoms with van der Waals surface area (Å²) in [4.78, 5) is 40.0. The van der Waals surface area contributed by atoms with Gasteiger partial charge in [0.05, 0.1) is 13.5 Å². The molecule has 0 spiro atoms. The molecular weight excluding hydrogens is 405 g/mol. The summed E-state index contributed by atoms with van der Waals surface area (Å²) in [7, 11) is 1.41. The van der Waals surface area contributed by atoms with Crippen molar-refractivity contribution in [3.05, 3.63) is 47.8 Å². The SMILES string of the molecule is COc1cc(N2CCN(C(=O)C(=O)Nc3ccc4c(c3)OC(=O)C4)C[C@H]2C)ccc1F. The van der Waals surface area contributed by atoms with Gasteiger partial charge in [-0.25, -0.2) is 4.39 Å². The number of carbonyl (C=O) groups is 3. The van der Waals surface area contributed by atoms with Gasteiger partial charge in [-0.15, -0.1) is 0 Å². The van der Waals surface area contributed by atoms with Crippen LogP contribution >= 0.6 is 0 Å². The highest BCUT2D eigenvalue weighted by Gasteiger charge is 2.31. The molecule has 2 amide bonds. The molecule has 0 radical (unpaired) electrons. The Labute approximate surface area is 178 Å². The number of anilines is 2. The standard InChI is InChI=1S/C22H22FN3O5/c1-13-12-25(7-8-26(13)16-5-6-17(23)19(11-16)30-2)22(29)21(28)24-15-4-3-14-9-20(27)31-18(14)10-15/h3-6,10-11,13H,7-9,12H2,1-2H3,(H,24,28)/t13-/m1/s1. The minimum atomic E-state index is -0.756. The first-order valence-corrected chi connectivity index (χ1v) is 9.89. The van der Waals surface area contributed by atoms with Gasteiger partial charge in [-0.05, 0) is 25.1 Å². The van der Waals surface area contributed by atoms with Gasteiger partial charge >= 0.3 is 17.8 Å². The monoisotopic (exact) mass is 427 g/mol. The number of amides is 2. The Morgan fingerprint density at radius 1 is 1.19 bits per heavy atom. The number of ether oxygens (including phenoxy) is 2. The molecule has 0 saturated carbocycles. The molecular formula is C22H22FN3O5. The average molecular weight is 427 g/mol. The van der Waals surface area contributed by atoms with E-state index >= 15 is 0 Å². The molecule has 2 aromatic rings. The molecule has 2 aliphatic heterocycles. The highest BCUT2D eigenvalue weighted by atomic mass is 19.1. The van der Waals surface area contributed by atoms with Crippen LogP contribution in [0.25, 0.3) is 0 Å². The van der Waals surface area contributed by atoms with E-state index in [0.29, 0.717) is 31.1 Å². The van der Waals surface area contributed by atoms with Crippen LogP contribution < -0.4 is 19.7 Å². The molecule has 1 N–H and O–H groups in total. The lowest BCUT2D eigenvalue weighted by Gasteiger charge is -2.41. The number of benzene rings is 2. The number of fused-ring (bicyclic) bond motifs is 1. The van der Waals surface area contributed by atoms with Crippen molar-refractivity contribution in [2.75, 3.05) is 37.0 Å². The number of halogens is 1. The van der Waals surface area contributed by atoms with Crippen molar-refractivity contribution in [3.63, 3.8) is 0 Å². The summed E-state index contributed by atoms with van der Waals surface area (Å²) < 4.78 is 23.8. The zero-order valence-electron chi connectivity index (χ0n) is 17.2. The molecule has 2 heterocycles. The molecule has 8 nitrogen and oxygen atoms in total. The Hall–Kier alpha value is -3.62. The Balaban J connectivity index is 1.39. The Bertz CT molecular complexity index is 1060. The van der Waals surface area contributed by atoms with E-state index in [1.165, 1.54) is 24.1 Å². The largest absolute Gasteiger partial charge is 0.494 e. The number of hydrogen-bond acceptors (Lipinski definition) is 6. The van der Waals surface area contributed by atoms with Crippen LogP contribution in [0.15, 0.2) is 36.4 Å². The van der Waals surface area contributed by atoms with Crippen LogP contribution in [0.2, 0.25) is 0 Å². The normalized spacial score (nSPS) is 17.8. The smallest absolute Gasteiger partial charge is 0.315 e. The molecule has 31 heavy (non-hydrogen) atoms. The van der Waals surface area contributed by atoms with E-state index in [4.69, 9.17) is 9.47 Å². The molecule has 1 saturated heterocycles. The van der Waals surface area contributed by atoms with Crippen molar-refractivity contribution >= 4 is 29.2 Å². The van der Waals surface area contributed by atoms with Crippen molar-refractivity contribution in [2.45, 2.75) is 19.4 Å². The molecule has 0 aromatic heterocycles. The number of nitrogens with one attached hydrogen (secondary N) is 1. The third-order valence-corrected chi connectivity index (χ3v) is 5.46. The predicted octanol–water partition coefficient (Wildman–Crippen LogP) is 1.97. The molecule has 9 heteroatoms. The van der Waals surface area contributed by atoms with Gasteiger partial charge in [0.15, 0.2) is 11.6 Å². The first-order chi connectivity index (χ1) is 14.9. The molecule has 0 aliphatic carbocycles. The van der Waals surface area contributed by atoms with Gasteiger partial charge in [-0.2, -0.15) is 0 Å². The van der Waals surface area contributed by atoms with Crippen LogP contribution in [0.3, 0.4) is 0 Å². The second-order valence-electron chi connectivity index (χ2n) is 7.54. The number of carbonyl (C=O) groups excluding carboxylic acids is 3. The fraction of sp³-hybridized carbons (Fsp3) is 0.318. The highest BCUT2D eigenvalue weighted by Crippen LogP contribution is 2.29. The van der Waals surface area contributed by atoms with E-state index in [-0.39, 0.29) is 24.2 Å². The Kier molecular flexibility index (Phi) is 5.50. The average Bonchev–Trinajstić information content (AvgIpc) is 3.13. The van der Waals surface area contributed by atoms with Gasteiger partial charge in [0, 0.05) is 54.7 Å². The second kappa shape index (κ2) is 8.25.